The first-order chi connectivity index (χ1) is 9.51. The van der Waals surface area contributed by atoms with E-state index in [9.17, 15) is 8.78 Å². The average molecular weight is 343 g/mol. The minimum atomic E-state index is -1.04. The lowest BCUT2D eigenvalue weighted by Gasteiger charge is -2.12. The second-order valence-corrected chi connectivity index (χ2v) is 5.16. The third kappa shape index (κ3) is 3.32. The first kappa shape index (κ1) is 14.9. The molecule has 0 aliphatic heterocycles. The van der Waals surface area contributed by atoms with Gasteiger partial charge < -0.3 is 10.1 Å². The highest BCUT2D eigenvalue weighted by Crippen LogP contribution is 2.29. The maximum Gasteiger partial charge on any atom is 0.219 e. The van der Waals surface area contributed by atoms with Crippen molar-refractivity contribution in [3.63, 3.8) is 0 Å². The second kappa shape index (κ2) is 6.28. The quantitative estimate of drug-likeness (QED) is 0.845. The summed E-state index contributed by atoms with van der Waals surface area (Å²) in [6.07, 6.45) is 1.56. The van der Waals surface area contributed by atoms with Crippen molar-refractivity contribution in [1.82, 2.24) is 10.3 Å². The van der Waals surface area contributed by atoms with Gasteiger partial charge in [0.1, 0.15) is 0 Å². The van der Waals surface area contributed by atoms with Crippen LogP contribution in [-0.4, -0.2) is 12.0 Å². The summed E-state index contributed by atoms with van der Waals surface area (Å²) in [5.41, 5.74) is 0.938. The molecule has 1 aromatic carbocycles. The first-order valence-electron chi connectivity index (χ1n) is 5.97. The van der Waals surface area contributed by atoms with Crippen LogP contribution in [-0.2, 0) is 0 Å². The second-order valence-electron chi connectivity index (χ2n) is 4.24. The van der Waals surface area contributed by atoms with Crippen LogP contribution in [0.15, 0.2) is 34.9 Å². The zero-order valence-electron chi connectivity index (χ0n) is 11.0. The number of benzene rings is 1. The van der Waals surface area contributed by atoms with Gasteiger partial charge in [-0.1, -0.05) is 15.9 Å². The van der Waals surface area contributed by atoms with Gasteiger partial charge in [0.25, 0.3) is 0 Å². The number of pyridine rings is 1. The molecular weight excluding hydrogens is 330 g/mol. The van der Waals surface area contributed by atoms with Crippen molar-refractivity contribution in [2.24, 2.45) is 0 Å². The predicted molar refractivity (Wildman–Crippen MR) is 75.8 cm³/mol. The van der Waals surface area contributed by atoms with Gasteiger partial charge in [-0.05, 0) is 37.7 Å². The molecule has 0 saturated carbocycles. The number of halogens is 3. The molecule has 0 fully saturated rings. The normalized spacial score (nSPS) is 12.2. The van der Waals surface area contributed by atoms with Crippen molar-refractivity contribution in [2.45, 2.75) is 13.0 Å². The molecule has 0 spiro atoms. The van der Waals surface area contributed by atoms with Gasteiger partial charge in [0.15, 0.2) is 11.6 Å². The summed E-state index contributed by atoms with van der Waals surface area (Å²) in [6.45, 7) is 1.97. The van der Waals surface area contributed by atoms with Crippen LogP contribution in [0, 0.1) is 11.6 Å². The molecule has 2 rings (SSSR count). The molecule has 1 aromatic heterocycles. The number of rotatable bonds is 4. The van der Waals surface area contributed by atoms with Gasteiger partial charge >= 0.3 is 0 Å². The van der Waals surface area contributed by atoms with Gasteiger partial charge in [0.2, 0.25) is 11.7 Å². The highest BCUT2D eigenvalue weighted by atomic mass is 79.9. The molecule has 0 saturated heterocycles. The monoisotopic (exact) mass is 342 g/mol. The van der Waals surface area contributed by atoms with Crippen LogP contribution in [0.1, 0.15) is 18.5 Å². The zero-order valence-corrected chi connectivity index (χ0v) is 12.5. The molecule has 6 heteroatoms. The van der Waals surface area contributed by atoms with E-state index in [0.29, 0.717) is 4.47 Å². The van der Waals surface area contributed by atoms with Gasteiger partial charge in [-0.2, -0.15) is 4.39 Å². The summed E-state index contributed by atoms with van der Waals surface area (Å²) < 4.78 is 32.6. The van der Waals surface area contributed by atoms with E-state index in [-0.39, 0.29) is 17.7 Å². The van der Waals surface area contributed by atoms with Crippen molar-refractivity contribution in [1.29, 1.82) is 0 Å². The Balaban J connectivity index is 2.31. The van der Waals surface area contributed by atoms with Crippen molar-refractivity contribution >= 4 is 15.9 Å². The van der Waals surface area contributed by atoms with Crippen molar-refractivity contribution in [3.05, 3.63) is 52.1 Å². The van der Waals surface area contributed by atoms with E-state index in [2.05, 4.69) is 26.2 Å². The Labute approximate surface area is 124 Å². The standard InChI is InChI=1S/C14H13BrF2N2O/c1-8(18-2)9-3-4-19-13(5-9)20-12-7-10(15)6-11(16)14(12)17/h3-8,18H,1-2H3. The predicted octanol–water partition coefficient (Wildman–Crippen LogP) is 4.20. The van der Waals surface area contributed by atoms with Crippen molar-refractivity contribution in [2.75, 3.05) is 7.05 Å². The molecule has 1 heterocycles. The Morgan fingerprint density at radius 1 is 1.30 bits per heavy atom. The van der Waals surface area contributed by atoms with Crippen LogP contribution < -0.4 is 10.1 Å². The Hall–Kier alpha value is -1.53. The fourth-order valence-corrected chi connectivity index (χ4v) is 2.04. The molecule has 1 unspecified atom stereocenters. The largest absolute Gasteiger partial charge is 0.436 e. The maximum atomic E-state index is 13.6. The molecule has 0 aliphatic rings. The first-order valence-corrected chi connectivity index (χ1v) is 6.76. The van der Waals surface area contributed by atoms with E-state index >= 15 is 0 Å². The van der Waals surface area contributed by atoms with E-state index in [1.54, 1.807) is 12.3 Å². The summed E-state index contributed by atoms with van der Waals surface area (Å²) in [5, 5.41) is 3.08. The van der Waals surface area contributed by atoms with Crippen LogP contribution in [0.25, 0.3) is 0 Å². The summed E-state index contributed by atoms with van der Waals surface area (Å²) in [7, 11) is 1.83. The van der Waals surface area contributed by atoms with Crippen LogP contribution in [0.4, 0.5) is 8.78 Å². The lowest BCUT2D eigenvalue weighted by molar-refractivity contribution is 0.404. The lowest BCUT2D eigenvalue weighted by Crippen LogP contribution is -2.12. The molecule has 106 valence electrons. The summed E-state index contributed by atoms with van der Waals surface area (Å²) >= 11 is 3.09. The Kier molecular flexibility index (Phi) is 4.67. The molecule has 1 N–H and O–H groups in total. The minimum Gasteiger partial charge on any atom is -0.436 e. The molecular formula is C14H13BrF2N2O. The molecule has 0 bridgehead atoms. The third-order valence-electron chi connectivity index (χ3n) is 2.87. The number of hydrogen-bond acceptors (Lipinski definition) is 3. The number of nitrogens with zero attached hydrogens (tertiary/aromatic N) is 1. The molecule has 20 heavy (non-hydrogen) atoms. The number of nitrogens with one attached hydrogen (secondary N) is 1. The molecule has 3 nitrogen and oxygen atoms in total. The fourth-order valence-electron chi connectivity index (χ4n) is 1.64. The van der Waals surface area contributed by atoms with E-state index < -0.39 is 11.6 Å². The van der Waals surface area contributed by atoms with Gasteiger partial charge in [-0.25, -0.2) is 9.37 Å². The molecule has 1 atom stereocenters. The summed E-state index contributed by atoms with van der Waals surface area (Å²) in [4.78, 5) is 4.00. The Morgan fingerprint density at radius 3 is 2.75 bits per heavy atom. The number of ether oxygens (including phenoxy) is 1. The summed E-state index contributed by atoms with van der Waals surface area (Å²) in [5.74, 6) is -2.02. The lowest BCUT2D eigenvalue weighted by atomic mass is 10.1. The average Bonchev–Trinajstić information content (AvgIpc) is 2.43. The van der Waals surface area contributed by atoms with Crippen LogP contribution in [0.3, 0.4) is 0 Å². The van der Waals surface area contributed by atoms with Crippen LogP contribution in [0.5, 0.6) is 11.6 Å². The van der Waals surface area contributed by atoms with Gasteiger partial charge in [-0.15, -0.1) is 0 Å². The van der Waals surface area contributed by atoms with Crippen LogP contribution in [0.2, 0.25) is 0 Å². The fraction of sp³-hybridized carbons (Fsp3) is 0.214. The van der Waals surface area contributed by atoms with E-state index in [4.69, 9.17) is 4.74 Å². The van der Waals surface area contributed by atoms with Crippen molar-refractivity contribution in [3.8, 4) is 11.6 Å². The van der Waals surface area contributed by atoms with E-state index in [0.717, 1.165) is 11.6 Å². The van der Waals surface area contributed by atoms with Gasteiger partial charge in [0, 0.05) is 22.8 Å². The summed E-state index contributed by atoms with van der Waals surface area (Å²) in [6, 6.07) is 6.00. The maximum absolute atomic E-state index is 13.6. The van der Waals surface area contributed by atoms with Crippen LogP contribution >= 0.6 is 15.9 Å². The number of aromatic nitrogens is 1. The minimum absolute atomic E-state index is 0.101. The highest BCUT2D eigenvalue weighted by Gasteiger charge is 2.13. The Morgan fingerprint density at radius 2 is 2.05 bits per heavy atom. The van der Waals surface area contributed by atoms with Crippen molar-refractivity contribution < 1.29 is 13.5 Å². The molecule has 0 amide bonds. The zero-order chi connectivity index (χ0) is 14.7. The Bertz CT molecular complexity index is 622. The molecule has 2 aromatic rings. The molecule has 0 aliphatic carbocycles. The van der Waals surface area contributed by atoms with Gasteiger partial charge in [0.05, 0.1) is 0 Å². The highest BCUT2D eigenvalue weighted by molar-refractivity contribution is 9.10. The third-order valence-corrected chi connectivity index (χ3v) is 3.32. The van der Waals surface area contributed by atoms with E-state index in [1.165, 1.54) is 6.07 Å². The SMILES string of the molecule is CNC(C)c1ccnc(Oc2cc(Br)cc(F)c2F)c1. The topological polar surface area (TPSA) is 34.2 Å². The van der Waals surface area contributed by atoms with E-state index in [1.807, 2.05) is 20.0 Å². The number of hydrogen-bond donors (Lipinski definition) is 1. The smallest absolute Gasteiger partial charge is 0.219 e. The van der Waals surface area contributed by atoms with Gasteiger partial charge in [-0.3, -0.25) is 0 Å². The molecule has 0 radical (unpaired) electrons.